The number of aromatic nitrogens is 2. The molecular formula is C19H24N4O5S2. The molecule has 0 aromatic carbocycles. The fourth-order valence-corrected chi connectivity index (χ4v) is 6.39. The molecule has 9 nitrogen and oxygen atoms in total. The molecule has 2 aromatic heterocycles. The van der Waals surface area contributed by atoms with Gasteiger partial charge in [-0.1, -0.05) is 0 Å². The van der Waals surface area contributed by atoms with Crippen LogP contribution < -0.4 is 9.04 Å². The van der Waals surface area contributed by atoms with E-state index in [1.165, 1.54) is 40.3 Å². The van der Waals surface area contributed by atoms with Crippen molar-refractivity contribution in [1.82, 2.24) is 14.3 Å². The molecule has 3 heterocycles. The zero-order chi connectivity index (χ0) is 21.4. The van der Waals surface area contributed by atoms with Gasteiger partial charge in [-0.25, -0.2) is 21.8 Å². The summed E-state index contributed by atoms with van der Waals surface area (Å²) in [4.78, 5) is 8.31. The van der Waals surface area contributed by atoms with E-state index in [1.807, 2.05) is 0 Å². The Hall–Kier alpha value is -2.24. The average Bonchev–Trinajstić information content (AvgIpc) is 3.61. The Morgan fingerprint density at radius 3 is 2.33 bits per heavy atom. The normalized spacial score (nSPS) is 18.8. The maximum absolute atomic E-state index is 12.7. The summed E-state index contributed by atoms with van der Waals surface area (Å²) in [5, 5.41) is -0.286. The molecule has 0 unspecified atom stereocenters. The number of pyridine rings is 2. The minimum atomic E-state index is -3.55. The summed E-state index contributed by atoms with van der Waals surface area (Å²) in [5.41, 5.74) is 0.492. The summed E-state index contributed by atoms with van der Waals surface area (Å²) in [6.45, 7) is 0.699. The Morgan fingerprint density at radius 1 is 1.03 bits per heavy atom. The van der Waals surface area contributed by atoms with Gasteiger partial charge in [0.1, 0.15) is 11.0 Å². The molecule has 0 bridgehead atoms. The highest BCUT2D eigenvalue weighted by molar-refractivity contribution is 7.93. The van der Waals surface area contributed by atoms with E-state index in [1.54, 1.807) is 18.2 Å². The number of ether oxygens (including phenoxy) is 1. The van der Waals surface area contributed by atoms with Crippen molar-refractivity contribution in [2.75, 3.05) is 24.4 Å². The van der Waals surface area contributed by atoms with Crippen molar-refractivity contribution in [2.45, 2.75) is 41.9 Å². The number of rotatable bonds is 7. The molecule has 162 valence electrons. The summed E-state index contributed by atoms with van der Waals surface area (Å²) >= 11 is 0. The molecule has 0 N–H and O–H groups in total. The third kappa shape index (κ3) is 4.28. The van der Waals surface area contributed by atoms with Gasteiger partial charge in [0.15, 0.2) is 0 Å². The van der Waals surface area contributed by atoms with E-state index in [2.05, 4.69) is 9.97 Å². The van der Waals surface area contributed by atoms with Crippen LogP contribution in [0.3, 0.4) is 0 Å². The van der Waals surface area contributed by atoms with Crippen molar-refractivity contribution >= 4 is 25.7 Å². The second-order valence-corrected chi connectivity index (χ2v) is 11.7. The molecule has 1 saturated carbocycles. The zero-order valence-corrected chi connectivity index (χ0v) is 18.2. The first-order valence-corrected chi connectivity index (χ1v) is 12.7. The minimum absolute atomic E-state index is 0.156. The molecule has 0 atom stereocenters. The molecule has 4 rings (SSSR count). The summed E-state index contributed by atoms with van der Waals surface area (Å²) < 4.78 is 58.6. The van der Waals surface area contributed by atoms with E-state index in [9.17, 15) is 16.8 Å². The standard InChI is InChI=1S/C19H24N4O5S2/c1-22(29(24,25)17-5-6-17)15-4-7-19(21-13-15)28-16-8-11-23(12-9-16)30(26,27)18-3-2-10-20-14-18/h2-4,7,10,13-14,16-17H,5-6,8-9,11-12H2,1H3. The van der Waals surface area contributed by atoms with Crippen LogP contribution in [0.1, 0.15) is 25.7 Å². The monoisotopic (exact) mass is 452 g/mol. The first-order chi connectivity index (χ1) is 14.3. The molecule has 1 saturated heterocycles. The van der Waals surface area contributed by atoms with Crippen molar-refractivity contribution in [3.8, 4) is 5.88 Å². The summed E-state index contributed by atoms with van der Waals surface area (Å²) in [5.74, 6) is 0.393. The smallest absolute Gasteiger partial charge is 0.244 e. The number of sulfonamides is 2. The first kappa shape index (κ1) is 21.0. The maximum Gasteiger partial charge on any atom is 0.244 e. The average molecular weight is 453 g/mol. The fraction of sp³-hybridized carbons (Fsp3) is 0.474. The van der Waals surface area contributed by atoms with Crippen LogP contribution in [0.4, 0.5) is 5.69 Å². The fourth-order valence-electron chi connectivity index (χ4n) is 3.37. The molecule has 2 fully saturated rings. The Kier molecular flexibility index (Phi) is 5.69. The number of anilines is 1. The highest BCUT2D eigenvalue weighted by atomic mass is 32.2. The molecule has 0 radical (unpaired) electrons. The predicted octanol–water partition coefficient (Wildman–Crippen LogP) is 1.64. The number of nitrogens with zero attached hydrogens (tertiary/aromatic N) is 4. The lowest BCUT2D eigenvalue weighted by atomic mass is 10.1. The van der Waals surface area contributed by atoms with E-state index in [-0.39, 0.29) is 16.2 Å². The molecule has 0 spiro atoms. The van der Waals surface area contributed by atoms with Gasteiger partial charge in [0, 0.05) is 38.6 Å². The van der Waals surface area contributed by atoms with Crippen LogP contribution in [0.25, 0.3) is 0 Å². The third-order valence-electron chi connectivity index (χ3n) is 5.37. The maximum atomic E-state index is 12.7. The first-order valence-electron chi connectivity index (χ1n) is 9.79. The molecule has 11 heteroatoms. The van der Waals surface area contributed by atoms with Gasteiger partial charge in [0.2, 0.25) is 25.9 Å². The van der Waals surface area contributed by atoms with Crippen molar-refractivity contribution in [3.05, 3.63) is 42.9 Å². The zero-order valence-electron chi connectivity index (χ0n) is 16.6. The van der Waals surface area contributed by atoms with Crippen LogP contribution in [0.5, 0.6) is 5.88 Å². The molecular weight excluding hydrogens is 428 g/mol. The lowest BCUT2D eigenvalue weighted by molar-refractivity contribution is 0.130. The van der Waals surface area contributed by atoms with Crippen LogP contribution >= 0.6 is 0 Å². The Bertz CT molecular complexity index is 1080. The Labute approximate surface area is 176 Å². The summed E-state index contributed by atoms with van der Waals surface area (Å²) in [7, 11) is -5.34. The van der Waals surface area contributed by atoms with Crippen molar-refractivity contribution in [3.63, 3.8) is 0 Å². The molecule has 30 heavy (non-hydrogen) atoms. The van der Waals surface area contributed by atoms with Crippen LogP contribution in [-0.2, 0) is 20.0 Å². The van der Waals surface area contributed by atoms with Crippen molar-refractivity contribution in [1.29, 1.82) is 0 Å². The lowest BCUT2D eigenvalue weighted by Gasteiger charge is -2.31. The molecule has 1 aliphatic carbocycles. The number of hydrogen-bond acceptors (Lipinski definition) is 7. The van der Waals surface area contributed by atoms with Crippen LogP contribution in [-0.4, -0.2) is 62.6 Å². The predicted molar refractivity (Wildman–Crippen MR) is 111 cm³/mol. The van der Waals surface area contributed by atoms with Crippen molar-refractivity contribution < 1.29 is 21.6 Å². The third-order valence-corrected chi connectivity index (χ3v) is 9.54. The van der Waals surface area contributed by atoms with E-state index in [4.69, 9.17) is 4.74 Å². The minimum Gasteiger partial charge on any atom is -0.474 e. The summed E-state index contributed by atoms with van der Waals surface area (Å²) in [6, 6.07) is 6.46. The van der Waals surface area contributed by atoms with Gasteiger partial charge in [0.05, 0.1) is 17.1 Å². The Morgan fingerprint density at radius 2 is 1.77 bits per heavy atom. The number of hydrogen-bond donors (Lipinski definition) is 0. The lowest BCUT2D eigenvalue weighted by Crippen LogP contribution is -2.41. The van der Waals surface area contributed by atoms with E-state index < -0.39 is 20.0 Å². The van der Waals surface area contributed by atoms with Crippen LogP contribution in [0.15, 0.2) is 47.8 Å². The molecule has 1 aliphatic heterocycles. The van der Waals surface area contributed by atoms with Gasteiger partial charge >= 0.3 is 0 Å². The second-order valence-electron chi connectivity index (χ2n) is 7.48. The second kappa shape index (κ2) is 8.12. The largest absolute Gasteiger partial charge is 0.474 e. The highest BCUT2D eigenvalue weighted by Gasteiger charge is 2.39. The quantitative estimate of drug-likeness (QED) is 0.628. The van der Waals surface area contributed by atoms with Gasteiger partial charge in [-0.2, -0.15) is 4.31 Å². The molecule has 2 aliphatic rings. The molecule has 0 amide bonds. The van der Waals surface area contributed by atoms with Gasteiger partial charge in [-0.3, -0.25) is 9.29 Å². The Balaban J connectivity index is 1.34. The topological polar surface area (TPSA) is 110 Å². The number of piperidine rings is 1. The SMILES string of the molecule is CN(c1ccc(OC2CCN(S(=O)(=O)c3cccnc3)CC2)nc1)S(=O)(=O)C1CC1. The van der Waals surface area contributed by atoms with E-state index in [0.29, 0.717) is 50.3 Å². The van der Waals surface area contributed by atoms with Gasteiger partial charge in [-0.15, -0.1) is 0 Å². The molecule has 2 aromatic rings. The van der Waals surface area contributed by atoms with E-state index in [0.717, 1.165) is 0 Å². The van der Waals surface area contributed by atoms with Gasteiger partial charge in [-0.05, 0) is 43.9 Å². The van der Waals surface area contributed by atoms with Gasteiger partial charge < -0.3 is 4.74 Å². The van der Waals surface area contributed by atoms with Crippen molar-refractivity contribution in [2.24, 2.45) is 0 Å². The van der Waals surface area contributed by atoms with Crippen LogP contribution in [0.2, 0.25) is 0 Å². The van der Waals surface area contributed by atoms with Crippen LogP contribution in [0, 0.1) is 0 Å². The summed E-state index contributed by atoms with van der Waals surface area (Å²) in [6.07, 6.45) is 6.71. The van der Waals surface area contributed by atoms with E-state index >= 15 is 0 Å². The highest BCUT2D eigenvalue weighted by Crippen LogP contribution is 2.33. The van der Waals surface area contributed by atoms with Gasteiger partial charge in [0.25, 0.3) is 0 Å².